The molecule has 3 aromatic carbocycles. The van der Waals surface area contributed by atoms with Crippen LogP contribution in [0.3, 0.4) is 0 Å². The summed E-state index contributed by atoms with van der Waals surface area (Å²) in [4.78, 5) is 0. The van der Waals surface area contributed by atoms with Gasteiger partial charge in [0.15, 0.2) is 0 Å². The van der Waals surface area contributed by atoms with Gasteiger partial charge in [0, 0.05) is 0 Å². The zero-order chi connectivity index (χ0) is 46.0. The van der Waals surface area contributed by atoms with Crippen molar-refractivity contribution in [2.24, 2.45) is 5.41 Å². The van der Waals surface area contributed by atoms with Crippen molar-refractivity contribution >= 4 is 23.6 Å². The van der Waals surface area contributed by atoms with E-state index >= 15 is 0 Å². The maximum absolute atomic E-state index is 4.03. The molecule has 0 nitrogen and oxygen atoms in total. The number of allylic oxidation sites excluding steroid dienone is 4. The molecule has 0 N–H and O–H groups in total. The van der Waals surface area contributed by atoms with Crippen LogP contribution in [-0.2, 0) is 60.2 Å². The first-order valence-electron chi connectivity index (χ1n) is 27.9. The molecule has 3 aromatic rings. The Morgan fingerprint density at radius 2 is 0.603 bits per heavy atom. The molecule has 0 bridgehead atoms. The number of halogens is 3. The molecule has 5 heteroatoms. The van der Waals surface area contributed by atoms with Crippen molar-refractivity contribution in [2.45, 2.75) is 261 Å². The van der Waals surface area contributed by atoms with Gasteiger partial charge in [-0.25, -0.2) is 10.8 Å². The average molecular weight is 1040 g/mol. The van der Waals surface area contributed by atoms with Gasteiger partial charge in [-0.3, -0.25) is 6.08 Å². The monoisotopic (exact) mass is 1040 g/mol. The standard InChI is InChI=1S/C63H99Si.3ClH.Ti/c1-10-16-22-28-35-52-43-53(36-29-23-17-11-2)47-58(46-52)64(62-42-34-41-61(62)63(7,8)9,59-48-54(37-30-24-18-12-3)44-55(49-59)38-31-25-19-13-4)60-50-56(39-32-26-20-14-5)45-57(51-60)40-33-27-21-15-6;;;;/h34,43-51H,10-33,35-40,42H2,1-9H3;3*1H;/q-1;;;;+4/p-3. The Kier molecular flexibility index (Phi) is 37.1. The number of hydrogen-bond acceptors (Lipinski definition) is 0. The molecule has 0 heterocycles. The van der Waals surface area contributed by atoms with E-state index in [9.17, 15) is 0 Å². The van der Waals surface area contributed by atoms with Crippen molar-refractivity contribution in [1.29, 1.82) is 0 Å². The van der Waals surface area contributed by atoms with Crippen molar-refractivity contribution in [3.63, 3.8) is 0 Å². The molecule has 1 aliphatic carbocycles. The molecule has 0 aromatic heterocycles. The van der Waals surface area contributed by atoms with Gasteiger partial charge in [0.2, 0.25) is 0 Å². The zero-order valence-corrected chi connectivity index (χ0v) is 50.2. The molecule has 1 aliphatic rings. The third-order valence-corrected chi connectivity index (χ3v) is 19.3. The van der Waals surface area contributed by atoms with Gasteiger partial charge in [-0.1, -0.05) is 254 Å². The summed E-state index contributed by atoms with van der Waals surface area (Å²) in [5.74, 6) is 0. The van der Waals surface area contributed by atoms with Crippen LogP contribution in [-0.4, -0.2) is 8.07 Å². The Labute approximate surface area is 456 Å². The Morgan fingerprint density at radius 3 is 0.809 bits per heavy atom. The van der Waals surface area contributed by atoms with Gasteiger partial charge in [-0.05, 0) is 116 Å². The van der Waals surface area contributed by atoms with Crippen LogP contribution in [0.4, 0.5) is 0 Å². The van der Waals surface area contributed by atoms with Gasteiger partial charge in [-0.2, -0.15) is 6.08 Å². The van der Waals surface area contributed by atoms with Crippen LogP contribution < -0.4 is 52.8 Å². The van der Waals surface area contributed by atoms with Crippen molar-refractivity contribution in [3.05, 3.63) is 111 Å². The van der Waals surface area contributed by atoms with Crippen LogP contribution in [0.25, 0.3) is 0 Å². The van der Waals surface area contributed by atoms with Crippen LogP contribution >= 0.6 is 0 Å². The molecule has 0 aliphatic heterocycles. The molecule has 68 heavy (non-hydrogen) atoms. The topological polar surface area (TPSA) is 0 Å². The molecule has 0 saturated carbocycles. The van der Waals surface area contributed by atoms with Gasteiger partial charge >= 0.3 is 21.7 Å². The van der Waals surface area contributed by atoms with E-state index in [0.717, 1.165) is 6.42 Å². The molecule has 0 unspecified atom stereocenters. The van der Waals surface area contributed by atoms with E-state index in [2.05, 4.69) is 129 Å². The number of hydrogen-bond donors (Lipinski definition) is 0. The molecule has 0 fully saturated rings. The van der Waals surface area contributed by atoms with Gasteiger partial charge in [0.25, 0.3) is 0 Å². The number of aryl methyl sites for hydroxylation is 6. The molecule has 0 spiro atoms. The molecule has 0 radical (unpaired) electrons. The van der Waals surface area contributed by atoms with E-state index in [4.69, 9.17) is 0 Å². The number of benzene rings is 3. The fraction of sp³-hybridized carbons (Fsp3) is 0.651. The first-order valence-corrected chi connectivity index (χ1v) is 29.9. The molecule has 4 rings (SSSR count). The fourth-order valence-electron chi connectivity index (χ4n) is 10.8. The Bertz CT molecular complexity index is 1570. The summed E-state index contributed by atoms with van der Waals surface area (Å²) in [6.45, 7) is 21.6. The normalized spacial score (nSPS) is 12.4. The van der Waals surface area contributed by atoms with E-state index in [-0.39, 0.29) is 64.4 Å². The SMILES string of the molecule is CCCCCCc1cc(CCCCCC)cc([Si](C2=C(C(C)(C)C)[C-]=CC2)(c2cc(CCCCCC)cc(CCCCCC)c2)c2cc(CCCCCC)cc(CCCCCC)c2)c1.[Cl-].[Cl-].[Cl-].[Ti+4]. The molecule has 380 valence electrons. The van der Waals surface area contributed by atoms with Gasteiger partial charge in [0.05, 0.1) is 8.07 Å². The maximum Gasteiger partial charge on any atom is 4.00 e. The van der Waals surface area contributed by atoms with Crippen molar-refractivity contribution < 1.29 is 58.9 Å². The molecule has 0 atom stereocenters. The Balaban J connectivity index is 0.0000112. The average Bonchev–Trinajstić information content (AvgIpc) is 3.79. The Morgan fingerprint density at radius 1 is 0.368 bits per heavy atom. The molecule has 0 amide bonds. The van der Waals surface area contributed by atoms with E-state index < -0.39 is 8.07 Å². The van der Waals surface area contributed by atoms with E-state index in [1.165, 1.54) is 198 Å². The second kappa shape index (κ2) is 37.7. The maximum atomic E-state index is 4.03. The third-order valence-electron chi connectivity index (χ3n) is 14.4. The van der Waals surface area contributed by atoms with Gasteiger partial charge < -0.3 is 37.2 Å². The third kappa shape index (κ3) is 21.6. The quantitative estimate of drug-likeness (QED) is 0.0244. The first-order chi connectivity index (χ1) is 31.1. The molecular formula is C63H99Cl3SiTi. The van der Waals surface area contributed by atoms with Crippen molar-refractivity contribution in [2.75, 3.05) is 0 Å². The van der Waals surface area contributed by atoms with Crippen LogP contribution in [0, 0.1) is 11.5 Å². The minimum Gasteiger partial charge on any atom is -1.00 e. The summed E-state index contributed by atoms with van der Waals surface area (Å²) in [6.07, 6.45) is 46.1. The van der Waals surface area contributed by atoms with Crippen molar-refractivity contribution in [1.82, 2.24) is 0 Å². The summed E-state index contributed by atoms with van der Waals surface area (Å²) in [5, 5.41) is 6.72. The smallest absolute Gasteiger partial charge is 1.00 e. The van der Waals surface area contributed by atoms with Crippen LogP contribution in [0.5, 0.6) is 0 Å². The van der Waals surface area contributed by atoms with E-state index in [1.54, 1.807) is 54.1 Å². The first kappa shape index (κ1) is 66.9. The summed E-state index contributed by atoms with van der Waals surface area (Å²) < 4.78 is 0. The second-order valence-corrected chi connectivity index (χ2v) is 25.2. The van der Waals surface area contributed by atoms with E-state index in [1.807, 2.05) is 0 Å². The zero-order valence-electron chi connectivity index (χ0n) is 45.3. The van der Waals surface area contributed by atoms with Crippen LogP contribution in [0.15, 0.2) is 71.4 Å². The van der Waals surface area contributed by atoms with Gasteiger partial charge in [-0.15, -0.1) is 0 Å². The largest absolute Gasteiger partial charge is 4.00 e. The summed E-state index contributed by atoms with van der Waals surface area (Å²) in [6, 6.07) is 24.7. The van der Waals surface area contributed by atoms with Gasteiger partial charge in [0.1, 0.15) is 0 Å². The predicted octanol–water partition coefficient (Wildman–Crippen LogP) is 8.55. The Hall–Kier alpha value is -1.06. The number of unbranched alkanes of at least 4 members (excludes halogenated alkanes) is 18. The van der Waals surface area contributed by atoms with E-state index in [0.29, 0.717) is 0 Å². The van der Waals surface area contributed by atoms with Crippen LogP contribution in [0.1, 0.15) is 256 Å². The summed E-state index contributed by atoms with van der Waals surface area (Å²) in [7, 11) is -2.89. The molecular weight excluding hydrogens is 939 g/mol. The number of rotatable bonds is 34. The van der Waals surface area contributed by atoms with Crippen molar-refractivity contribution in [3.8, 4) is 0 Å². The molecule has 0 saturated heterocycles. The summed E-state index contributed by atoms with van der Waals surface area (Å²) >= 11 is 0. The summed E-state index contributed by atoms with van der Waals surface area (Å²) in [5.41, 5.74) is 11.1. The minimum absolute atomic E-state index is 0. The fourth-order valence-corrected chi connectivity index (χ4v) is 16.5. The second-order valence-electron chi connectivity index (χ2n) is 21.4. The predicted molar refractivity (Wildman–Crippen MR) is 290 cm³/mol. The minimum atomic E-state index is -2.89. The van der Waals surface area contributed by atoms with Crippen LogP contribution in [0.2, 0.25) is 0 Å².